The van der Waals surface area contributed by atoms with Gasteiger partial charge in [0.05, 0.1) is 17.6 Å². The molecule has 0 bridgehead atoms. The first-order valence-corrected chi connectivity index (χ1v) is 10.9. The molecular formula is C25H25N5O2. The largest absolute Gasteiger partial charge is 0.494 e. The smallest absolute Gasteiger partial charge is 0.265 e. The van der Waals surface area contributed by atoms with Crippen molar-refractivity contribution in [3.63, 3.8) is 0 Å². The predicted molar refractivity (Wildman–Crippen MR) is 127 cm³/mol. The van der Waals surface area contributed by atoms with E-state index in [9.17, 15) is 4.79 Å². The van der Waals surface area contributed by atoms with Crippen LogP contribution in [-0.4, -0.2) is 30.7 Å². The highest BCUT2D eigenvalue weighted by molar-refractivity contribution is 6.05. The van der Waals surface area contributed by atoms with Gasteiger partial charge in [0.25, 0.3) is 5.56 Å². The SMILES string of the molecule is CCOc1ccc(-n2c3nc4ccccc4nc3c3c(=O)n(CC(C)C)c(C)nc32)cc1. The summed E-state index contributed by atoms with van der Waals surface area (Å²) in [4.78, 5) is 28.2. The van der Waals surface area contributed by atoms with Crippen molar-refractivity contribution in [2.75, 3.05) is 6.61 Å². The third kappa shape index (κ3) is 3.21. The van der Waals surface area contributed by atoms with E-state index in [4.69, 9.17) is 19.7 Å². The van der Waals surface area contributed by atoms with Gasteiger partial charge in [-0.3, -0.25) is 13.9 Å². The fourth-order valence-electron chi connectivity index (χ4n) is 4.11. The molecular weight excluding hydrogens is 402 g/mol. The van der Waals surface area contributed by atoms with Gasteiger partial charge in [0.2, 0.25) is 0 Å². The zero-order chi connectivity index (χ0) is 22.4. The molecule has 7 heteroatoms. The highest BCUT2D eigenvalue weighted by Crippen LogP contribution is 2.29. The maximum absolute atomic E-state index is 13.6. The number of aromatic nitrogens is 5. The Labute approximate surface area is 185 Å². The van der Waals surface area contributed by atoms with Crippen molar-refractivity contribution in [3.05, 3.63) is 64.7 Å². The second kappa shape index (κ2) is 7.75. The minimum Gasteiger partial charge on any atom is -0.494 e. The highest BCUT2D eigenvalue weighted by Gasteiger charge is 2.22. The monoisotopic (exact) mass is 427 g/mol. The Bertz CT molecular complexity index is 1510. The number of para-hydroxylation sites is 2. The lowest BCUT2D eigenvalue weighted by Gasteiger charge is -2.13. The predicted octanol–water partition coefficient (Wildman–Crippen LogP) is 4.65. The summed E-state index contributed by atoms with van der Waals surface area (Å²) in [6.07, 6.45) is 0. The first kappa shape index (κ1) is 20.2. The van der Waals surface area contributed by atoms with Gasteiger partial charge in [-0.2, -0.15) is 0 Å². The molecule has 5 aromatic rings. The van der Waals surface area contributed by atoms with Gasteiger partial charge in [0, 0.05) is 12.2 Å². The van der Waals surface area contributed by atoms with Crippen molar-refractivity contribution in [3.8, 4) is 11.4 Å². The minimum atomic E-state index is -0.0829. The summed E-state index contributed by atoms with van der Waals surface area (Å²) in [6, 6.07) is 15.4. The van der Waals surface area contributed by atoms with Crippen molar-refractivity contribution in [1.29, 1.82) is 0 Å². The van der Waals surface area contributed by atoms with Gasteiger partial charge in [-0.05, 0) is 56.2 Å². The second-order valence-corrected chi connectivity index (χ2v) is 8.31. The van der Waals surface area contributed by atoms with E-state index in [1.807, 2.05) is 66.9 Å². The first-order chi connectivity index (χ1) is 15.5. The molecule has 0 spiro atoms. The fourth-order valence-corrected chi connectivity index (χ4v) is 4.11. The molecule has 3 aromatic heterocycles. The van der Waals surface area contributed by atoms with Crippen LogP contribution in [0.15, 0.2) is 53.3 Å². The standard InChI is InChI=1S/C25H25N5O2/c1-5-32-18-12-10-17(11-13-18)30-23-21(25(31)29(14-15(2)3)16(4)26-23)22-24(30)28-20-9-7-6-8-19(20)27-22/h6-13,15H,5,14H2,1-4H3. The number of benzene rings is 2. The van der Waals surface area contributed by atoms with Crippen molar-refractivity contribution in [2.45, 2.75) is 34.2 Å². The van der Waals surface area contributed by atoms with Gasteiger partial charge in [-0.15, -0.1) is 0 Å². The third-order valence-electron chi connectivity index (χ3n) is 5.51. The van der Waals surface area contributed by atoms with Crippen molar-refractivity contribution in [1.82, 2.24) is 24.1 Å². The molecule has 0 aliphatic rings. The normalized spacial score (nSPS) is 11.8. The quantitative estimate of drug-likeness (QED) is 0.408. The van der Waals surface area contributed by atoms with Gasteiger partial charge < -0.3 is 4.74 Å². The molecule has 32 heavy (non-hydrogen) atoms. The van der Waals surface area contributed by atoms with E-state index >= 15 is 0 Å². The lowest BCUT2D eigenvalue weighted by Crippen LogP contribution is -2.26. The molecule has 0 atom stereocenters. The Morgan fingerprint density at radius 1 is 0.938 bits per heavy atom. The molecule has 0 amide bonds. The van der Waals surface area contributed by atoms with E-state index in [1.165, 1.54) is 0 Å². The zero-order valence-corrected chi connectivity index (χ0v) is 18.7. The van der Waals surface area contributed by atoms with E-state index in [-0.39, 0.29) is 5.56 Å². The minimum absolute atomic E-state index is 0.0829. The van der Waals surface area contributed by atoms with Crippen LogP contribution in [0.4, 0.5) is 0 Å². The Morgan fingerprint density at radius 3 is 2.28 bits per heavy atom. The van der Waals surface area contributed by atoms with Crippen LogP contribution in [0.3, 0.4) is 0 Å². The van der Waals surface area contributed by atoms with Gasteiger partial charge in [0.15, 0.2) is 11.3 Å². The number of nitrogens with zero attached hydrogens (tertiary/aromatic N) is 5. The van der Waals surface area contributed by atoms with E-state index in [0.29, 0.717) is 47.1 Å². The first-order valence-electron chi connectivity index (χ1n) is 10.9. The number of hydrogen-bond donors (Lipinski definition) is 0. The van der Waals surface area contributed by atoms with Crippen LogP contribution in [0.5, 0.6) is 5.75 Å². The summed E-state index contributed by atoms with van der Waals surface area (Å²) in [6.45, 7) is 9.21. The van der Waals surface area contributed by atoms with E-state index in [1.54, 1.807) is 4.57 Å². The summed E-state index contributed by atoms with van der Waals surface area (Å²) in [5.74, 6) is 1.78. The molecule has 7 nitrogen and oxygen atoms in total. The van der Waals surface area contributed by atoms with Gasteiger partial charge in [-0.1, -0.05) is 26.0 Å². The third-order valence-corrected chi connectivity index (χ3v) is 5.51. The second-order valence-electron chi connectivity index (χ2n) is 8.31. The highest BCUT2D eigenvalue weighted by atomic mass is 16.5. The summed E-state index contributed by atoms with van der Waals surface area (Å²) in [7, 11) is 0. The topological polar surface area (TPSA) is 74.8 Å². The summed E-state index contributed by atoms with van der Waals surface area (Å²) in [5, 5.41) is 0.499. The molecule has 0 N–H and O–H groups in total. The van der Waals surface area contributed by atoms with Crippen LogP contribution in [0.25, 0.3) is 38.9 Å². The van der Waals surface area contributed by atoms with Crippen LogP contribution < -0.4 is 10.3 Å². The number of aryl methyl sites for hydroxylation is 1. The van der Waals surface area contributed by atoms with Crippen molar-refractivity contribution < 1.29 is 4.74 Å². The maximum Gasteiger partial charge on any atom is 0.265 e. The Balaban J connectivity index is 1.90. The number of hydrogen-bond acceptors (Lipinski definition) is 5. The van der Waals surface area contributed by atoms with E-state index < -0.39 is 0 Å². The van der Waals surface area contributed by atoms with Crippen molar-refractivity contribution >= 4 is 33.2 Å². The zero-order valence-electron chi connectivity index (χ0n) is 18.7. The molecule has 162 valence electrons. The van der Waals surface area contributed by atoms with Gasteiger partial charge in [0.1, 0.15) is 22.5 Å². The molecule has 0 aliphatic heterocycles. The molecule has 0 fully saturated rings. The fraction of sp³-hybridized carbons (Fsp3) is 0.280. The molecule has 5 rings (SSSR count). The molecule has 0 radical (unpaired) electrons. The Kier molecular flexibility index (Phi) is 4.89. The molecule has 0 saturated heterocycles. The van der Waals surface area contributed by atoms with Crippen LogP contribution in [0, 0.1) is 12.8 Å². The van der Waals surface area contributed by atoms with E-state index in [2.05, 4.69) is 13.8 Å². The van der Waals surface area contributed by atoms with Crippen LogP contribution in [0.1, 0.15) is 26.6 Å². The average Bonchev–Trinajstić information content (AvgIpc) is 3.08. The van der Waals surface area contributed by atoms with Gasteiger partial charge >= 0.3 is 0 Å². The Morgan fingerprint density at radius 2 is 1.62 bits per heavy atom. The van der Waals surface area contributed by atoms with Crippen molar-refractivity contribution in [2.24, 2.45) is 5.92 Å². The lowest BCUT2D eigenvalue weighted by molar-refractivity contribution is 0.340. The summed E-state index contributed by atoms with van der Waals surface area (Å²) < 4.78 is 9.26. The van der Waals surface area contributed by atoms with Gasteiger partial charge in [-0.25, -0.2) is 15.0 Å². The number of rotatable bonds is 5. The molecule has 3 heterocycles. The number of ether oxygens (including phenoxy) is 1. The molecule has 0 aliphatic carbocycles. The average molecular weight is 428 g/mol. The molecule has 0 unspecified atom stereocenters. The lowest BCUT2D eigenvalue weighted by atomic mass is 10.2. The Hall–Kier alpha value is -3.74. The van der Waals surface area contributed by atoms with Crippen LogP contribution in [-0.2, 0) is 6.54 Å². The van der Waals surface area contributed by atoms with E-state index in [0.717, 1.165) is 22.5 Å². The van der Waals surface area contributed by atoms with Crippen LogP contribution >= 0.6 is 0 Å². The summed E-state index contributed by atoms with van der Waals surface area (Å²) in [5.41, 5.74) is 4.06. The summed E-state index contributed by atoms with van der Waals surface area (Å²) >= 11 is 0. The molecule has 2 aromatic carbocycles. The number of fused-ring (bicyclic) bond motifs is 4. The maximum atomic E-state index is 13.6. The van der Waals surface area contributed by atoms with Crippen LogP contribution in [0.2, 0.25) is 0 Å². The molecule has 0 saturated carbocycles.